The van der Waals surface area contributed by atoms with Gasteiger partial charge in [-0.3, -0.25) is 14.4 Å². The van der Waals surface area contributed by atoms with Crippen LogP contribution in [-0.2, 0) is 20.8 Å². The minimum absolute atomic E-state index is 0.00981. The molecule has 1 aromatic heterocycles. The van der Waals surface area contributed by atoms with Crippen LogP contribution in [0.5, 0.6) is 0 Å². The van der Waals surface area contributed by atoms with Gasteiger partial charge in [-0.25, -0.2) is 4.68 Å². The molecular formula is C25H33N5O3. The first-order valence-corrected chi connectivity index (χ1v) is 12.0. The second-order valence-electron chi connectivity index (χ2n) is 8.97. The molecule has 0 aliphatic carbocycles. The van der Waals surface area contributed by atoms with Crippen LogP contribution in [-0.4, -0.2) is 63.0 Å². The molecule has 0 unspecified atom stereocenters. The summed E-state index contributed by atoms with van der Waals surface area (Å²) in [6.07, 6.45) is 6.75. The fourth-order valence-electron chi connectivity index (χ4n) is 4.81. The third-order valence-corrected chi connectivity index (χ3v) is 6.71. The van der Waals surface area contributed by atoms with Crippen molar-refractivity contribution in [1.82, 2.24) is 19.6 Å². The average Bonchev–Trinajstić information content (AvgIpc) is 3.47. The normalized spacial score (nSPS) is 17.9. The van der Waals surface area contributed by atoms with E-state index in [4.69, 9.17) is 0 Å². The molecule has 3 amide bonds. The lowest BCUT2D eigenvalue weighted by atomic mass is 10.0. The topological polar surface area (TPSA) is 87.5 Å². The van der Waals surface area contributed by atoms with Crippen molar-refractivity contribution in [3.8, 4) is 0 Å². The Morgan fingerprint density at radius 2 is 1.88 bits per heavy atom. The van der Waals surface area contributed by atoms with E-state index in [0.717, 1.165) is 32.1 Å². The van der Waals surface area contributed by atoms with E-state index < -0.39 is 6.04 Å². The van der Waals surface area contributed by atoms with E-state index in [0.29, 0.717) is 38.3 Å². The highest BCUT2D eigenvalue weighted by Gasteiger charge is 2.34. The first-order chi connectivity index (χ1) is 16.0. The van der Waals surface area contributed by atoms with Crippen molar-refractivity contribution in [3.05, 3.63) is 48.2 Å². The minimum atomic E-state index is -0.396. The van der Waals surface area contributed by atoms with Crippen molar-refractivity contribution in [2.45, 2.75) is 64.0 Å². The molecule has 8 heteroatoms. The van der Waals surface area contributed by atoms with E-state index in [9.17, 15) is 14.4 Å². The number of anilines is 1. The summed E-state index contributed by atoms with van der Waals surface area (Å²) < 4.78 is 1.88. The Kier molecular flexibility index (Phi) is 7.42. The molecule has 1 atom stereocenters. The van der Waals surface area contributed by atoms with Gasteiger partial charge in [-0.15, -0.1) is 0 Å². The van der Waals surface area contributed by atoms with E-state index >= 15 is 0 Å². The summed E-state index contributed by atoms with van der Waals surface area (Å²) in [5.41, 5.74) is 1.24. The SMILES string of the molecule is C[C@H](C(=O)N1CCC(n2nccc2NC(=O)CCCc2ccccc2)CC1)N1CCCC1=O. The van der Waals surface area contributed by atoms with Crippen molar-refractivity contribution < 1.29 is 14.4 Å². The number of likely N-dealkylation sites (tertiary alicyclic amines) is 2. The molecule has 0 saturated carbocycles. The third kappa shape index (κ3) is 5.61. The van der Waals surface area contributed by atoms with Gasteiger partial charge in [0.1, 0.15) is 11.9 Å². The molecule has 0 bridgehead atoms. The molecule has 4 rings (SSSR count). The highest BCUT2D eigenvalue weighted by atomic mass is 16.2. The van der Waals surface area contributed by atoms with Crippen molar-refractivity contribution in [1.29, 1.82) is 0 Å². The number of carbonyl (C=O) groups excluding carboxylic acids is 3. The van der Waals surface area contributed by atoms with Crippen LogP contribution >= 0.6 is 0 Å². The lowest BCUT2D eigenvalue weighted by molar-refractivity contribution is -0.143. The molecular weight excluding hydrogens is 418 g/mol. The Morgan fingerprint density at radius 1 is 1.12 bits per heavy atom. The summed E-state index contributed by atoms with van der Waals surface area (Å²) in [6.45, 7) is 3.75. The zero-order valence-electron chi connectivity index (χ0n) is 19.3. The maximum absolute atomic E-state index is 12.9. The standard InChI is InChI=1S/C25H33N5O3/c1-19(29-16-6-11-24(29)32)25(33)28-17-13-21(14-18-28)30-22(12-15-26-30)27-23(31)10-5-9-20-7-3-2-4-8-20/h2-4,7-8,12,15,19,21H,5-6,9-11,13-14,16-18H2,1H3,(H,27,31)/t19-/m1/s1. The van der Waals surface area contributed by atoms with Gasteiger partial charge in [-0.05, 0) is 44.6 Å². The van der Waals surface area contributed by atoms with Gasteiger partial charge in [-0.2, -0.15) is 5.10 Å². The van der Waals surface area contributed by atoms with Crippen LogP contribution in [0.2, 0.25) is 0 Å². The Hall–Kier alpha value is -3.16. The van der Waals surface area contributed by atoms with E-state index in [1.54, 1.807) is 11.1 Å². The van der Waals surface area contributed by atoms with E-state index in [2.05, 4.69) is 22.5 Å². The molecule has 2 aromatic rings. The smallest absolute Gasteiger partial charge is 0.245 e. The second kappa shape index (κ2) is 10.6. The summed E-state index contributed by atoms with van der Waals surface area (Å²) in [7, 11) is 0. The molecule has 33 heavy (non-hydrogen) atoms. The summed E-state index contributed by atoms with van der Waals surface area (Å²) >= 11 is 0. The summed E-state index contributed by atoms with van der Waals surface area (Å²) in [5, 5.41) is 7.45. The van der Waals surface area contributed by atoms with Crippen molar-refractivity contribution in [2.75, 3.05) is 25.0 Å². The molecule has 3 heterocycles. The quantitative estimate of drug-likeness (QED) is 0.668. The predicted molar refractivity (Wildman–Crippen MR) is 125 cm³/mol. The van der Waals surface area contributed by atoms with Crippen LogP contribution in [0, 0.1) is 0 Å². The fourth-order valence-corrected chi connectivity index (χ4v) is 4.81. The molecule has 2 fully saturated rings. The summed E-state index contributed by atoms with van der Waals surface area (Å²) in [5.74, 6) is 0.799. The second-order valence-corrected chi connectivity index (χ2v) is 8.97. The third-order valence-electron chi connectivity index (χ3n) is 6.71. The van der Waals surface area contributed by atoms with Gasteiger partial charge in [0, 0.05) is 38.5 Å². The number of hydrogen-bond donors (Lipinski definition) is 1. The van der Waals surface area contributed by atoms with Crippen LogP contribution < -0.4 is 5.32 Å². The minimum Gasteiger partial charge on any atom is -0.341 e. The van der Waals surface area contributed by atoms with Gasteiger partial charge in [0.05, 0.1) is 12.2 Å². The average molecular weight is 452 g/mol. The van der Waals surface area contributed by atoms with Crippen molar-refractivity contribution in [3.63, 3.8) is 0 Å². The van der Waals surface area contributed by atoms with Gasteiger partial charge in [0.25, 0.3) is 0 Å². The number of piperidine rings is 1. The molecule has 2 saturated heterocycles. The molecule has 0 radical (unpaired) electrons. The first-order valence-electron chi connectivity index (χ1n) is 12.0. The number of aryl methyl sites for hydroxylation is 1. The Balaban J connectivity index is 1.25. The lowest BCUT2D eigenvalue weighted by Gasteiger charge is -2.36. The van der Waals surface area contributed by atoms with Gasteiger partial charge in [0.15, 0.2) is 0 Å². The molecule has 1 N–H and O–H groups in total. The number of hydrogen-bond acceptors (Lipinski definition) is 4. The van der Waals surface area contributed by atoms with E-state index in [1.165, 1.54) is 5.56 Å². The first kappa shape index (κ1) is 23.0. The van der Waals surface area contributed by atoms with Crippen molar-refractivity contribution in [2.24, 2.45) is 0 Å². The van der Waals surface area contributed by atoms with Crippen molar-refractivity contribution >= 4 is 23.5 Å². The zero-order valence-corrected chi connectivity index (χ0v) is 19.3. The summed E-state index contributed by atoms with van der Waals surface area (Å²) in [4.78, 5) is 40.9. The van der Waals surface area contributed by atoms with Crippen LogP contribution in [0.25, 0.3) is 0 Å². The van der Waals surface area contributed by atoms with Gasteiger partial charge in [-0.1, -0.05) is 30.3 Å². The van der Waals surface area contributed by atoms with E-state index in [1.807, 2.05) is 40.8 Å². The number of benzene rings is 1. The Morgan fingerprint density at radius 3 is 2.58 bits per heavy atom. The zero-order chi connectivity index (χ0) is 23.2. The lowest BCUT2D eigenvalue weighted by Crippen LogP contribution is -2.50. The van der Waals surface area contributed by atoms with Crippen LogP contribution in [0.4, 0.5) is 5.82 Å². The summed E-state index contributed by atoms with van der Waals surface area (Å²) in [6, 6.07) is 11.7. The maximum Gasteiger partial charge on any atom is 0.245 e. The maximum atomic E-state index is 12.9. The van der Waals surface area contributed by atoms with Crippen LogP contribution in [0.1, 0.15) is 57.1 Å². The van der Waals surface area contributed by atoms with Crippen LogP contribution in [0.15, 0.2) is 42.6 Å². The molecule has 176 valence electrons. The number of nitrogens with one attached hydrogen (secondary N) is 1. The molecule has 8 nitrogen and oxygen atoms in total. The fraction of sp³-hybridized carbons (Fsp3) is 0.520. The molecule has 2 aliphatic heterocycles. The monoisotopic (exact) mass is 451 g/mol. The Labute approximate surface area is 194 Å². The van der Waals surface area contributed by atoms with Gasteiger partial charge < -0.3 is 15.1 Å². The van der Waals surface area contributed by atoms with Gasteiger partial charge in [0.2, 0.25) is 17.7 Å². The number of amides is 3. The number of rotatable bonds is 8. The Bertz CT molecular complexity index is 965. The molecule has 0 spiro atoms. The largest absolute Gasteiger partial charge is 0.341 e. The van der Waals surface area contributed by atoms with Crippen LogP contribution in [0.3, 0.4) is 0 Å². The van der Waals surface area contributed by atoms with Gasteiger partial charge >= 0.3 is 0 Å². The number of carbonyl (C=O) groups is 3. The molecule has 1 aromatic carbocycles. The highest BCUT2D eigenvalue weighted by molar-refractivity contribution is 5.90. The van der Waals surface area contributed by atoms with E-state index in [-0.39, 0.29) is 23.8 Å². The molecule has 2 aliphatic rings. The highest BCUT2D eigenvalue weighted by Crippen LogP contribution is 2.26. The number of nitrogens with zero attached hydrogens (tertiary/aromatic N) is 4. The predicted octanol–water partition coefficient (Wildman–Crippen LogP) is 3.02. The number of aromatic nitrogens is 2.